The molecule has 2 aromatic rings. The Balaban J connectivity index is 1.80. The van der Waals surface area contributed by atoms with Gasteiger partial charge in [-0.15, -0.1) is 0 Å². The number of rotatable bonds is 6. The standard InChI is InChI=1S/C20H24N2O2/c1-13(10-11-22-19(23)24)12-20(21)17-9-8-16(18(20)14(17)2)15-6-4-3-5-7-15/h3-9,13,22H,10-12,21H2,1-2H3,(H,23,24). The summed E-state index contributed by atoms with van der Waals surface area (Å²) in [5, 5.41) is 11.1. The minimum atomic E-state index is -0.972. The van der Waals surface area contributed by atoms with Crippen molar-refractivity contribution in [2.24, 2.45) is 11.7 Å². The topological polar surface area (TPSA) is 75.3 Å². The number of benzene rings is 2. The molecule has 2 aliphatic carbocycles. The third kappa shape index (κ3) is 2.78. The fourth-order valence-electron chi connectivity index (χ4n) is 3.99. The zero-order valence-corrected chi connectivity index (χ0v) is 14.2. The SMILES string of the molecule is Cc1c2ccc(-c3ccccc3)c1C2(N)CC(C)CCNC(=O)O. The number of hydrogen-bond donors (Lipinski definition) is 3. The molecule has 4 nitrogen and oxygen atoms in total. The second kappa shape index (κ2) is 6.29. The van der Waals surface area contributed by atoms with Crippen molar-refractivity contribution in [1.29, 1.82) is 0 Å². The first-order valence-electron chi connectivity index (χ1n) is 8.39. The zero-order valence-electron chi connectivity index (χ0n) is 14.2. The highest BCUT2D eigenvalue weighted by molar-refractivity contribution is 5.77. The van der Waals surface area contributed by atoms with Crippen LogP contribution >= 0.6 is 0 Å². The maximum absolute atomic E-state index is 10.6. The van der Waals surface area contributed by atoms with Crippen molar-refractivity contribution in [1.82, 2.24) is 5.32 Å². The fourth-order valence-corrected chi connectivity index (χ4v) is 3.99. The third-order valence-electron chi connectivity index (χ3n) is 5.06. The Kier molecular flexibility index (Phi) is 4.33. The first-order chi connectivity index (χ1) is 11.4. The Morgan fingerprint density at radius 3 is 2.58 bits per heavy atom. The number of carbonyl (C=O) groups is 1. The van der Waals surface area contributed by atoms with Crippen molar-refractivity contribution >= 4 is 6.09 Å². The number of carboxylic acid groups (broad SMARTS) is 1. The molecule has 2 atom stereocenters. The lowest BCUT2D eigenvalue weighted by molar-refractivity contribution is 0.193. The van der Waals surface area contributed by atoms with E-state index in [2.05, 4.69) is 43.4 Å². The molecular weight excluding hydrogens is 300 g/mol. The van der Waals surface area contributed by atoms with Gasteiger partial charge in [-0.3, -0.25) is 0 Å². The van der Waals surface area contributed by atoms with E-state index in [1.165, 1.54) is 27.8 Å². The van der Waals surface area contributed by atoms with E-state index in [1.807, 2.05) is 18.2 Å². The van der Waals surface area contributed by atoms with Gasteiger partial charge in [0.15, 0.2) is 0 Å². The van der Waals surface area contributed by atoms with E-state index in [9.17, 15) is 4.79 Å². The highest BCUT2D eigenvalue weighted by Crippen LogP contribution is 2.51. The van der Waals surface area contributed by atoms with Crippen molar-refractivity contribution in [3.8, 4) is 11.1 Å². The Bertz CT molecular complexity index is 758. The Labute approximate surface area is 142 Å². The minimum Gasteiger partial charge on any atom is -0.465 e. The second-order valence-electron chi connectivity index (χ2n) is 6.83. The summed E-state index contributed by atoms with van der Waals surface area (Å²) in [6.45, 7) is 4.73. The van der Waals surface area contributed by atoms with Crippen LogP contribution in [0.3, 0.4) is 0 Å². The van der Waals surface area contributed by atoms with Crippen LogP contribution in [0.5, 0.6) is 0 Å². The lowest BCUT2D eigenvalue weighted by Crippen LogP contribution is -2.48. The summed E-state index contributed by atoms with van der Waals surface area (Å²) in [6.07, 6.45) is 0.646. The number of fused-ring (bicyclic) bond motifs is 2. The van der Waals surface area contributed by atoms with Crippen molar-refractivity contribution in [2.75, 3.05) is 6.54 Å². The summed E-state index contributed by atoms with van der Waals surface area (Å²) < 4.78 is 0. The molecule has 4 N–H and O–H groups in total. The molecule has 2 aromatic carbocycles. The molecule has 0 saturated carbocycles. The molecule has 2 unspecified atom stereocenters. The number of aryl methyl sites for hydroxylation is 1. The molecule has 2 bridgehead atoms. The van der Waals surface area contributed by atoms with E-state index < -0.39 is 11.6 Å². The largest absolute Gasteiger partial charge is 0.465 e. The van der Waals surface area contributed by atoms with Gasteiger partial charge >= 0.3 is 6.09 Å². The molecule has 0 heterocycles. The van der Waals surface area contributed by atoms with Crippen molar-refractivity contribution in [3.63, 3.8) is 0 Å². The van der Waals surface area contributed by atoms with Gasteiger partial charge in [-0.2, -0.15) is 0 Å². The van der Waals surface area contributed by atoms with E-state index in [0.717, 1.165) is 12.8 Å². The second-order valence-corrected chi connectivity index (χ2v) is 6.83. The fraction of sp³-hybridized carbons (Fsp3) is 0.350. The van der Waals surface area contributed by atoms with Crippen molar-refractivity contribution < 1.29 is 9.90 Å². The molecule has 4 heteroatoms. The quantitative estimate of drug-likeness (QED) is 0.755. The summed E-state index contributed by atoms with van der Waals surface area (Å²) in [6, 6.07) is 14.6. The smallest absolute Gasteiger partial charge is 0.404 e. The summed E-state index contributed by atoms with van der Waals surface area (Å²) in [5.74, 6) is 0.337. The third-order valence-corrected chi connectivity index (χ3v) is 5.06. The Morgan fingerprint density at radius 1 is 1.25 bits per heavy atom. The van der Waals surface area contributed by atoms with Gasteiger partial charge < -0.3 is 16.2 Å². The van der Waals surface area contributed by atoms with Crippen LogP contribution in [0.4, 0.5) is 4.79 Å². The molecule has 24 heavy (non-hydrogen) atoms. The summed E-state index contributed by atoms with van der Waals surface area (Å²) in [5.41, 5.74) is 12.5. The molecule has 0 saturated heterocycles. The molecule has 0 aliphatic heterocycles. The molecule has 4 rings (SSSR count). The van der Waals surface area contributed by atoms with Crippen LogP contribution in [0.25, 0.3) is 11.1 Å². The summed E-state index contributed by atoms with van der Waals surface area (Å²) in [4.78, 5) is 10.6. The van der Waals surface area contributed by atoms with Crippen LogP contribution in [0.2, 0.25) is 0 Å². The number of nitrogens with one attached hydrogen (secondary N) is 1. The average Bonchev–Trinajstić information content (AvgIpc) is 2.55. The van der Waals surface area contributed by atoms with E-state index in [1.54, 1.807) is 0 Å². The predicted octanol–water partition coefficient (Wildman–Crippen LogP) is 3.86. The molecule has 0 fully saturated rings. The molecule has 0 aromatic heterocycles. The molecular formula is C20H24N2O2. The maximum atomic E-state index is 10.6. The summed E-state index contributed by atoms with van der Waals surface area (Å²) >= 11 is 0. The lowest BCUT2D eigenvalue weighted by atomic mass is 9.62. The highest BCUT2D eigenvalue weighted by atomic mass is 16.4. The van der Waals surface area contributed by atoms with E-state index in [-0.39, 0.29) is 0 Å². The van der Waals surface area contributed by atoms with Crippen LogP contribution < -0.4 is 11.1 Å². The first kappa shape index (κ1) is 16.5. The van der Waals surface area contributed by atoms with Gasteiger partial charge in [-0.05, 0) is 53.5 Å². The highest BCUT2D eigenvalue weighted by Gasteiger charge is 2.44. The lowest BCUT2D eigenvalue weighted by Gasteiger charge is -2.45. The monoisotopic (exact) mass is 324 g/mol. The Morgan fingerprint density at radius 2 is 1.96 bits per heavy atom. The summed E-state index contributed by atoms with van der Waals surface area (Å²) in [7, 11) is 0. The number of hydrogen-bond acceptors (Lipinski definition) is 2. The van der Waals surface area contributed by atoms with E-state index in [0.29, 0.717) is 12.5 Å². The van der Waals surface area contributed by atoms with Crippen molar-refractivity contribution in [3.05, 3.63) is 59.2 Å². The molecule has 126 valence electrons. The first-order valence-corrected chi connectivity index (χ1v) is 8.39. The minimum absolute atomic E-state index is 0.337. The molecule has 1 amide bonds. The predicted molar refractivity (Wildman–Crippen MR) is 96.0 cm³/mol. The van der Waals surface area contributed by atoms with Crippen molar-refractivity contribution in [2.45, 2.75) is 32.2 Å². The zero-order chi connectivity index (χ0) is 17.3. The Hall–Kier alpha value is -2.33. The van der Waals surface area contributed by atoms with E-state index in [4.69, 9.17) is 10.8 Å². The molecule has 0 radical (unpaired) electrons. The number of nitrogens with two attached hydrogens (primary N) is 1. The van der Waals surface area contributed by atoms with Gasteiger partial charge in [0.05, 0.1) is 5.54 Å². The van der Waals surface area contributed by atoms with E-state index >= 15 is 0 Å². The van der Waals surface area contributed by atoms with Crippen LogP contribution in [-0.4, -0.2) is 17.7 Å². The molecule has 2 aliphatic rings. The van der Waals surface area contributed by atoms with Gasteiger partial charge in [-0.1, -0.05) is 49.4 Å². The van der Waals surface area contributed by atoms with Crippen LogP contribution in [0, 0.1) is 12.8 Å². The number of amides is 1. The van der Waals surface area contributed by atoms with Crippen LogP contribution in [0.1, 0.15) is 36.5 Å². The maximum Gasteiger partial charge on any atom is 0.404 e. The van der Waals surface area contributed by atoms with Crippen LogP contribution in [-0.2, 0) is 5.54 Å². The normalized spacial score (nSPS) is 19.5. The van der Waals surface area contributed by atoms with Gasteiger partial charge in [0.25, 0.3) is 0 Å². The van der Waals surface area contributed by atoms with Gasteiger partial charge in [0, 0.05) is 6.54 Å². The average molecular weight is 324 g/mol. The van der Waals surface area contributed by atoms with Gasteiger partial charge in [0.1, 0.15) is 0 Å². The van der Waals surface area contributed by atoms with Gasteiger partial charge in [0.2, 0.25) is 0 Å². The molecule has 0 spiro atoms. The van der Waals surface area contributed by atoms with Gasteiger partial charge in [-0.25, -0.2) is 4.79 Å². The van der Waals surface area contributed by atoms with Crippen LogP contribution in [0.15, 0.2) is 42.5 Å².